The average Bonchev–Trinajstić information content (AvgIpc) is 2.69. The van der Waals surface area contributed by atoms with E-state index in [9.17, 15) is 13.2 Å². The largest absolute Gasteiger partial charge is 0.348 e. The number of halogens is 1. The van der Waals surface area contributed by atoms with Crippen molar-refractivity contribution in [1.82, 2.24) is 5.32 Å². The third-order valence-electron chi connectivity index (χ3n) is 4.31. The molecule has 2 N–H and O–H groups in total. The van der Waals surface area contributed by atoms with Crippen LogP contribution in [0.3, 0.4) is 0 Å². The van der Waals surface area contributed by atoms with Gasteiger partial charge in [-0.1, -0.05) is 71.8 Å². The smallest absolute Gasteiger partial charge is 0.253 e. The summed E-state index contributed by atoms with van der Waals surface area (Å²) in [6, 6.07) is 21.1. The van der Waals surface area contributed by atoms with E-state index in [1.165, 1.54) is 0 Å². The molecule has 0 saturated heterocycles. The van der Waals surface area contributed by atoms with Gasteiger partial charge in [-0.15, -0.1) is 0 Å². The van der Waals surface area contributed by atoms with Crippen LogP contribution in [0.2, 0.25) is 5.02 Å². The van der Waals surface area contributed by atoms with Gasteiger partial charge in [-0.3, -0.25) is 9.52 Å². The highest BCUT2D eigenvalue weighted by Gasteiger charge is 2.18. The zero-order valence-electron chi connectivity index (χ0n) is 15.9. The number of hydrogen-bond acceptors (Lipinski definition) is 3. The summed E-state index contributed by atoms with van der Waals surface area (Å²) >= 11 is 6.07. The number of sulfonamides is 1. The second-order valence-electron chi connectivity index (χ2n) is 6.67. The first-order valence-corrected chi connectivity index (χ1v) is 11.0. The van der Waals surface area contributed by atoms with Crippen LogP contribution in [-0.4, -0.2) is 14.3 Å². The predicted molar refractivity (Wildman–Crippen MR) is 116 cm³/mol. The van der Waals surface area contributed by atoms with E-state index in [2.05, 4.69) is 10.0 Å². The Kier molecular flexibility index (Phi) is 6.56. The molecule has 0 heterocycles. The number of nitrogens with one attached hydrogen (secondary N) is 2. The van der Waals surface area contributed by atoms with Crippen LogP contribution < -0.4 is 10.0 Å². The van der Waals surface area contributed by atoms with Crippen molar-refractivity contribution >= 4 is 33.2 Å². The molecule has 0 radical (unpaired) electrons. The van der Waals surface area contributed by atoms with E-state index in [-0.39, 0.29) is 22.9 Å². The van der Waals surface area contributed by atoms with Crippen LogP contribution in [0.5, 0.6) is 0 Å². The molecule has 150 valence electrons. The number of carbonyl (C=O) groups excluding carboxylic acids is 1. The molecular weight excluding hydrogens is 408 g/mol. The molecule has 1 amide bonds. The third kappa shape index (κ3) is 5.82. The Morgan fingerprint density at radius 2 is 1.59 bits per heavy atom. The van der Waals surface area contributed by atoms with Crippen molar-refractivity contribution in [2.45, 2.75) is 19.2 Å². The lowest BCUT2D eigenvalue weighted by Gasteiger charge is -2.13. The van der Waals surface area contributed by atoms with Gasteiger partial charge in [-0.25, -0.2) is 8.42 Å². The minimum absolute atomic E-state index is 0.223. The highest BCUT2D eigenvalue weighted by atomic mass is 35.5. The first-order chi connectivity index (χ1) is 13.8. The molecule has 5 nitrogen and oxygen atoms in total. The van der Waals surface area contributed by atoms with Gasteiger partial charge in [0.25, 0.3) is 5.91 Å². The lowest BCUT2D eigenvalue weighted by Crippen LogP contribution is -2.25. The van der Waals surface area contributed by atoms with Crippen LogP contribution in [0.4, 0.5) is 5.69 Å². The highest BCUT2D eigenvalue weighted by Crippen LogP contribution is 2.21. The molecule has 0 aliphatic heterocycles. The molecule has 0 atom stereocenters. The van der Waals surface area contributed by atoms with Gasteiger partial charge in [-0.2, -0.15) is 0 Å². The molecule has 0 aliphatic rings. The molecule has 3 aromatic carbocycles. The number of amides is 1. The van der Waals surface area contributed by atoms with E-state index < -0.39 is 10.0 Å². The van der Waals surface area contributed by atoms with E-state index in [0.717, 1.165) is 11.1 Å². The number of rotatable bonds is 7. The second-order valence-corrected chi connectivity index (χ2v) is 8.80. The van der Waals surface area contributed by atoms with Crippen LogP contribution in [0.25, 0.3) is 0 Å². The fourth-order valence-corrected chi connectivity index (χ4v) is 4.31. The van der Waals surface area contributed by atoms with Crippen molar-refractivity contribution in [3.05, 3.63) is 100 Å². The lowest BCUT2D eigenvalue weighted by molar-refractivity contribution is 0.0952. The van der Waals surface area contributed by atoms with Crippen molar-refractivity contribution < 1.29 is 13.2 Å². The van der Waals surface area contributed by atoms with Gasteiger partial charge in [0, 0.05) is 11.6 Å². The summed E-state index contributed by atoms with van der Waals surface area (Å²) in [6.45, 7) is 2.34. The van der Waals surface area contributed by atoms with Gasteiger partial charge in [0.2, 0.25) is 10.0 Å². The average molecular weight is 429 g/mol. The minimum Gasteiger partial charge on any atom is -0.348 e. The fraction of sp³-hybridized carbons (Fsp3) is 0.136. The number of hydrogen-bond donors (Lipinski definition) is 2. The Hall–Kier alpha value is -2.83. The van der Waals surface area contributed by atoms with Crippen molar-refractivity contribution in [1.29, 1.82) is 0 Å². The normalized spacial score (nSPS) is 11.1. The number of anilines is 1. The number of para-hydroxylation sites is 1. The highest BCUT2D eigenvalue weighted by molar-refractivity contribution is 7.91. The maximum Gasteiger partial charge on any atom is 0.253 e. The molecule has 0 saturated carbocycles. The fourth-order valence-electron chi connectivity index (χ4n) is 2.78. The van der Waals surface area contributed by atoms with Crippen molar-refractivity contribution in [3.63, 3.8) is 0 Å². The monoisotopic (exact) mass is 428 g/mol. The van der Waals surface area contributed by atoms with E-state index in [1.807, 2.05) is 31.2 Å². The van der Waals surface area contributed by atoms with Gasteiger partial charge in [-0.05, 0) is 36.2 Å². The summed E-state index contributed by atoms with van der Waals surface area (Å²) in [7, 11) is -3.75. The summed E-state index contributed by atoms with van der Waals surface area (Å²) < 4.78 is 27.7. The quantitative estimate of drug-likeness (QED) is 0.581. The number of aryl methyl sites for hydroxylation is 1. The van der Waals surface area contributed by atoms with Gasteiger partial charge in [0.1, 0.15) is 0 Å². The first-order valence-electron chi connectivity index (χ1n) is 9.01. The van der Waals surface area contributed by atoms with Crippen molar-refractivity contribution in [3.8, 4) is 0 Å². The Bertz CT molecular complexity index is 1110. The van der Waals surface area contributed by atoms with E-state index in [4.69, 9.17) is 11.6 Å². The zero-order chi connectivity index (χ0) is 20.9. The molecule has 7 heteroatoms. The van der Waals surface area contributed by atoms with Crippen molar-refractivity contribution in [2.24, 2.45) is 0 Å². The minimum atomic E-state index is -3.75. The van der Waals surface area contributed by atoms with Crippen molar-refractivity contribution in [2.75, 3.05) is 4.72 Å². The van der Waals surface area contributed by atoms with Crippen LogP contribution in [0, 0.1) is 6.92 Å². The maximum absolute atomic E-state index is 12.6. The Morgan fingerprint density at radius 3 is 2.31 bits per heavy atom. The maximum atomic E-state index is 12.6. The Labute approximate surface area is 175 Å². The number of benzene rings is 3. The molecule has 0 unspecified atom stereocenters. The molecule has 0 aliphatic carbocycles. The molecule has 29 heavy (non-hydrogen) atoms. The molecular formula is C22H21ClN2O3S. The SMILES string of the molecule is Cc1ccc(CNC(=O)c2ccccc2NS(=O)(=O)Cc2ccccc2Cl)cc1. The molecule has 3 aromatic rings. The topological polar surface area (TPSA) is 75.3 Å². The van der Waals surface area contributed by atoms with Crippen LogP contribution in [-0.2, 0) is 22.3 Å². The standard InChI is InChI=1S/C22H21ClN2O3S/c1-16-10-12-17(13-11-16)14-24-22(26)19-7-3-5-9-21(19)25-29(27,28)15-18-6-2-4-8-20(18)23/h2-13,25H,14-15H2,1H3,(H,24,26). The zero-order valence-corrected chi connectivity index (χ0v) is 17.4. The molecule has 0 bridgehead atoms. The predicted octanol–water partition coefficient (Wildman–Crippen LogP) is 4.52. The van der Waals surface area contributed by atoms with Gasteiger partial charge >= 0.3 is 0 Å². The third-order valence-corrected chi connectivity index (χ3v) is 5.90. The summed E-state index contributed by atoms with van der Waals surface area (Å²) in [5.74, 6) is -0.645. The second kappa shape index (κ2) is 9.11. The molecule has 0 aromatic heterocycles. The Balaban J connectivity index is 1.73. The number of carbonyl (C=O) groups is 1. The summed E-state index contributed by atoms with van der Waals surface area (Å²) in [6.07, 6.45) is 0. The summed E-state index contributed by atoms with van der Waals surface area (Å²) in [4.78, 5) is 12.6. The van der Waals surface area contributed by atoms with E-state index in [0.29, 0.717) is 17.1 Å². The van der Waals surface area contributed by atoms with Gasteiger partial charge in [0.05, 0.1) is 17.0 Å². The van der Waals surface area contributed by atoms with Gasteiger partial charge in [0.15, 0.2) is 0 Å². The molecule has 3 rings (SSSR count). The Morgan fingerprint density at radius 1 is 0.931 bits per heavy atom. The molecule has 0 spiro atoms. The van der Waals surface area contributed by atoms with Crippen LogP contribution in [0.15, 0.2) is 72.8 Å². The lowest BCUT2D eigenvalue weighted by atomic mass is 10.1. The van der Waals surface area contributed by atoms with Crippen LogP contribution >= 0.6 is 11.6 Å². The van der Waals surface area contributed by atoms with E-state index >= 15 is 0 Å². The molecule has 0 fully saturated rings. The van der Waals surface area contributed by atoms with Crippen LogP contribution in [0.1, 0.15) is 27.0 Å². The van der Waals surface area contributed by atoms with E-state index in [1.54, 1.807) is 48.5 Å². The van der Waals surface area contributed by atoms with Gasteiger partial charge < -0.3 is 5.32 Å². The first kappa shape index (κ1) is 20.9. The summed E-state index contributed by atoms with van der Waals surface area (Å²) in [5.41, 5.74) is 3.06. The summed E-state index contributed by atoms with van der Waals surface area (Å²) in [5, 5.41) is 3.20.